The molecule has 6 atom stereocenters. The van der Waals surface area contributed by atoms with Gasteiger partial charge in [-0.2, -0.15) is 0 Å². The maximum Gasteiger partial charge on any atom is 0.0785 e. The first-order chi connectivity index (χ1) is 14.0. The monoisotopic (exact) mass is 414 g/mol. The zero-order valence-electron chi connectivity index (χ0n) is 20.2. The van der Waals surface area contributed by atoms with Crippen molar-refractivity contribution in [2.24, 2.45) is 29.1 Å². The Morgan fingerprint density at radius 3 is 2.60 bits per heavy atom. The molecule has 2 nitrogen and oxygen atoms in total. The average Bonchev–Trinajstić information content (AvgIpc) is 3.00. The number of rotatable bonds is 6. The molecule has 1 unspecified atom stereocenters. The molecule has 2 heteroatoms. The van der Waals surface area contributed by atoms with Gasteiger partial charge in [-0.15, -0.1) is 0 Å². The van der Waals surface area contributed by atoms with E-state index in [1.807, 2.05) is 13.8 Å². The SMILES string of the molecule is C=C1CC(C)/C(=C\C=C2/CCC[C@]3(C)[C@@H]([C@@H](C)CCCC(C)(C)O)CC[C@@H]23)C[C@H]1O. The van der Waals surface area contributed by atoms with Gasteiger partial charge in [0.05, 0.1) is 11.7 Å². The molecule has 2 N–H and O–H groups in total. The molecule has 0 aromatic carbocycles. The Bertz CT molecular complexity index is 679. The van der Waals surface area contributed by atoms with E-state index in [-0.39, 0.29) is 6.10 Å². The van der Waals surface area contributed by atoms with Crippen LogP contribution in [0.5, 0.6) is 0 Å². The quantitative estimate of drug-likeness (QED) is 0.460. The normalized spacial score (nSPS) is 38.8. The van der Waals surface area contributed by atoms with Crippen LogP contribution in [0.1, 0.15) is 98.8 Å². The molecule has 0 saturated heterocycles. The van der Waals surface area contributed by atoms with Crippen LogP contribution in [0, 0.1) is 29.1 Å². The molecular formula is C28H46O2. The number of hydrogen-bond donors (Lipinski definition) is 2. The van der Waals surface area contributed by atoms with Crippen LogP contribution in [0.3, 0.4) is 0 Å². The van der Waals surface area contributed by atoms with Gasteiger partial charge in [0, 0.05) is 0 Å². The topological polar surface area (TPSA) is 40.5 Å². The number of aliphatic hydroxyl groups excluding tert-OH is 1. The van der Waals surface area contributed by atoms with Gasteiger partial charge < -0.3 is 10.2 Å². The summed E-state index contributed by atoms with van der Waals surface area (Å²) in [5, 5.41) is 20.3. The molecule has 3 saturated carbocycles. The smallest absolute Gasteiger partial charge is 0.0785 e. The van der Waals surface area contributed by atoms with E-state index >= 15 is 0 Å². The highest BCUT2D eigenvalue weighted by Crippen LogP contribution is 2.60. The Kier molecular flexibility index (Phi) is 7.40. The van der Waals surface area contributed by atoms with E-state index in [1.165, 1.54) is 44.1 Å². The first-order valence-corrected chi connectivity index (χ1v) is 12.5. The summed E-state index contributed by atoms with van der Waals surface area (Å²) < 4.78 is 0. The number of aliphatic hydroxyl groups is 2. The van der Waals surface area contributed by atoms with E-state index < -0.39 is 5.60 Å². The molecule has 0 radical (unpaired) electrons. The van der Waals surface area contributed by atoms with E-state index in [4.69, 9.17) is 0 Å². The van der Waals surface area contributed by atoms with E-state index in [0.29, 0.717) is 11.3 Å². The summed E-state index contributed by atoms with van der Waals surface area (Å²) in [6, 6.07) is 0. The second kappa shape index (κ2) is 9.33. The van der Waals surface area contributed by atoms with Gasteiger partial charge in [0.2, 0.25) is 0 Å². The van der Waals surface area contributed by atoms with Gasteiger partial charge in [-0.05, 0) is 99.9 Å². The third-order valence-corrected chi connectivity index (χ3v) is 8.79. The van der Waals surface area contributed by atoms with Crippen molar-refractivity contribution < 1.29 is 10.2 Å². The minimum Gasteiger partial charge on any atom is -0.390 e. The highest BCUT2D eigenvalue weighted by molar-refractivity contribution is 5.29. The molecule has 170 valence electrons. The van der Waals surface area contributed by atoms with Crippen molar-refractivity contribution in [2.75, 3.05) is 0 Å². The van der Waals surface area contributed by atoms with Crippen molar-refractivity contribution in [3.05, 3.63) is 35.5 Å². The molecule has 0 heterocycles. The molecule has 0 spiro atoms. The Morgan fingerprint density at radius 2 is 1.90 bits per heavy atom. The number of fused-ring (bicyclic) bond motifs is 1. The highest BCUT2D eigenvalue weighted by Gasteiger charge is 2.50. The fraction of sp³-hybridized carbons (Fsp3) is 0.786. The lowest BCUT2D eigenvalue weighted by atomic mass is 9.60. The third kappa shape index (κ3) is 5.30. The largest absolute Gasteiger partial charge is 0.390 e. The predicted octanol–water partition coefficient (Wildman–Crippen LogP) is 6.98. The fourth-order valence-electron chi connectivity index (χ4n) is 6.95. The van der Waals surface area contributed by atoms with Gasteiger partial charge in [-0.3, -0.25) is 0 Å². The van der Waals surface area contributed by atoms with Crippen molar-refractivity contribution in [2.45, 2.75) is 111 Å². The van der Waals surface area contributed by atoms with Crippen molar-refractivity contribution in [3.8, 4) is 0 Å². The van der Waals surface area contributed by atoms with Crippen LogP contribution in [0.2, 0.25) is 0 Å². The summed E-state index contributed by atoms with van der Waals surface area (Å²) in [7, 11) is 0. The van der Waals surface area contributed by atoms with Gasteiger partial charge in [-0.25, -0.2) is 0 Å². The van der Waals surface area contributed by atoms with Crippen LogP contribution >= 0.6 is 0 Å². The molecule has 3 fully saturated rings. The van der Waals surface area contributed by atoms with E-state index in [2.05, 4.69) is 39.5 Å². The van der Waals surface area contributed by atoms with Gasteiger partial charge >= 0.3 is 0 Å². The number of hydrogen-bond acceptors (Lipinski definition) is 2. The van der Waals surface area contributed by atoms with Gasteiger partial charge in [-0.1, -0.05) is 63.5 Å². The lowest BCUT2D eigenvalue weighted by Crippen LogP contribution is -2.36. The molecule has 0 amide bonds. The standard InChI is InChI=1S/C28H46O2/c1-19(9-7-15-27(4,5)30)24-13-14-25-22(10-8-16-28(24,25)6)11-12-23-18-26(29)21(3)17-20(23)2/h11-12,19-20,24-26,29-30H,3,7-10,13-18H2,1-2,4-6H3/b22-11+,23-12-/t19-,20?,24+,25-,26+,28+/m0/s1. The van der Waals surface area contributed by atoms with Gasteiger partial charge in [0.1, 0.15) is 0 Å². The van der Waals surface area contributed by atoms with Crippen molar-refractivity contribution in [3.63, 3.8) is 0 Å². The maximum absolute atomic E-state index is 10.2. The minimum absolute atomic E-state index is 0.358. The summed E-state index contributed by atoms with van der Waals surface area (Å²) in [4.78, 5) is 0. The Balaban J connectivity index is 1.69. The van der Waals surface area contributed by atoms with Crippen LogP contribution in [-0.4, -0.2) is 21.9 Å². The Labute approximate surface area is 185 Å². The second-order valence-corrected chi connectivity index (χ2v) is 11.7. The van der Waals surface area contributed by atoms with E-state index in [0.717, 1.165) is 49.0 Å². The van der Waals surface area contributed by atoms with E-state index in [1.54, 1.807) is 5.57 Å². The van der Waals surface area contributed by atoms with Crippen LogP contribution in [-0.2, 0) is 0 Å². The molecule has 0 aromatic rings. The molecular weight excluding hydrogens is 368 g/mol. The van der Waals surface area contributed by atoms with E-state index in [9.17, 15) is 10.2 Å². The Hall–Kier alpha value is -0.860. The van der Waals surface area contributed by atoms with Gasteiger partial charge in [0.25, 0.3) is 0 Å². The molecule has 0 bridgehead atoms. The summed E-state index contributed by atoms with van der Waals surface area (Å²) in [6.45, 7) is 15.2. The first kappa shape index (κ1) is 23.8. The minimum atomic E-state index is -0.535. The highest BCUT2D eigenvalue weighted by atomic mass is 16.3. The average molecular weight is 415 g/mol. The second-order valence-electron chi connectivity index (χ2n) is 11.7. The molecule has 3 rings (SSSR count). The lowest BCUT2D eigenvalue weighted by Gasteiger charge is -2.44. The molecule has 30 heavy (non-hydrogen) atoms. The fourth-order valence-corrected chi connectivity index (χ4v) is 6.95. The third-order valence-electron chi connectivity index (χ3n) is 8.79. The van der Waals surface area contributed by atoms with Crippen molar-refractivity contribution in [1.82, 2.24) is 0 Å². The van der Waals surface area contributed by atoms with Crippen molar-refractivity contribution in [1.29, 1.82) is 0 Å². The number of allylic oxidation sites excluding steroid dienone is 3. The predicted molar refractivity (Wildman–Crippen MR) is 127 cm³/mol. The summed E-state index contributed by atoms with van der Waals surface area (Å²) in [5.41, 5.74) is 3.95. The van der Waals surface area contributed by atoms with Crippen molar-refractivity contribution >= 4 is 0 Å². The summed E-state index contributed by atoms with van der Waals surface area (Å²) in [5.74, 6) is 2.77. The molecule has 0 aliphatic heterocycles. The molecule has 3 aliphatic rings. The van der Waals surface area contributed by atoms with Crippen LogP contribution in [0.15, 0.2) is 35.5 Å². The van der Waals surface area contributed by atoms with Crippen LogP contribution in [0.4, 0.5) is 0 Å². The summed E-state index contributed by atoms with van der Waals surface area (Å²) in [6.07, 6.45) is 16.0. The Morgan fingerprint density at radius 1 is 1.20 bits per heavy atom. The van der Waals surface area contributed by atoms with Crippen LogP contribution < -0.4 is 0 Å². The maximum atomic E-state index is 10.2. The molecule has 0 aromatic heterocycles. The van der Waals surface area contributed by atoms with Crippen LogP contribution in [0.25, 0.3) is 0 Å². The lowest BCUT2D eigenvalue weighted by molar-refractivity contribution is 0.0596. The summed E-state index contributed by atoms with van der Waals surface area (Å²) >= 11 is 0. The first-order valence-electron chi connectivity index (χ1n) is 12.5. The zero-order valence-corrected chi connectivity index (χ0v) is 20.2. The van der Waals surface area contributed by atoms with Gasteiger partial charge in [0.15, 0.2) is 0 Å². The zero-order chi connectivity index (χ0) is 22.1. The molecule has 3 aliphatic carbocycles.